The predicted molar refractivity (Wildman–Crippen MR) is 94.5 cm³/mol. The number of unbranched alkanes of at least 4 members (excludes halogenated alkanes) is 1. The molecule has 1 aliphatic heterocycles. The van der Waals surface area contributed by atoms with E-state index < -0.39 is 0 Å². The highest BCUT2D eigenvalue weighted by Crippen LogP contribution is 2.33. The van der Waals surface area contributed by atoms with E-state index in [0.717, 1.165) is 47.3 Å². The van der Waals surface area contributed by atoms with Crippen molar-refractivity contribution in [1.29, 1.82) is 0 Å². The monoisotopic (exact) mass is 339 g/mol. The first-order chi connectivity index (χ1) is 12.2. The molecule has 0 aliphatic carbocycles. The summed E-state index contributed by atoms with van der Waals surface area (Å²) in [5.74, 6) is 1.68. The van der Waals surface area contributed by atoms with E-state index in [4.69, 9.17) is 13.6 Å². The minimum atomic E-state index is -0.296. The molecule has 3 heterocycles. The lowest BCUT2D eigenvalue weighted by Gasteiger charge is -2.28. The number of ether oxygens (including phenoxy) is 1. The van der Waals surface area contributed by atoms with Gasteiger partial charge >= 0.3 is 5.63 Å². The third-order valence-corrected chi connectivity index (χ3v) is 4.60. The van der Waals surface area contributed by atoms with E-state index in [1.54, 1.807) is 12.3 Å². The van der Waals surface area contributed by atoms with Crippen LogP contribution in [0.25, 0.3) is 11.0 Å². The van der Waals surface area contributed by atoms with Gasteiger partial charge in [0.25, 0.3) is 0 Å². The van der Waals surface area contributed by atoms with Crippen molar-refractivity contribution in [2.75, 3.05) is 6.73 Å². The van der Waals surface area contributed by atoms with E-state index in [1.165, 1.54) is 0 Å². The van der Waals surface area contributed by atoms with Gasteiger partial charge in [0.05, 0.1) is 18.4 Å². The van der Waals surface area contributed by atoms with Gasteiger partial charge in [-0.15, -0.1) is 0 Å². The fourth-order valence-corrected chi connectivity index (χ4v) is 3.34. The topological polar surface area (TPSA) is 55.8 Å². The molecule has 0 N–H and O–H groups in total. The van der Waals surface area contributed by atoms with Gasteiger partial charge in [-0.25, -0.2) is 4.79 Å². The number of hydrogen-bond acceptors (Lipinski definition) is 5. The molecule has 3 aromatic rings. The Morgan fingerprint density at radius 3 is 2.96 bits per heavy atom. The Hall–Kier alpha value is -2.53. The van der Waals surface area contributed by atoms with E-state index in [-0.39, 0.29) is 5.63 Å². The Morgan fingerprint density at radius 1 is 1.24 bits per heavy atom. The summed E-state index contributed by atoms with van der Waals surface area (Å²) >= 11 is 0. The lowest BCUT2D eigenvalue weighted by atomic mass is 10.0. The summed E-state index contributed by atoms with van der Waals surface area (Å²) in [5, 5.41) is 1.01. The summed E-state index contributed by atoms with van der Waals surface area (Å²) in [4.78, 5) is 14.2. The molecular formula is C20H21NO4. The van der Waals surface area contributed by atoms with E-state index in [2.05, 4.69) is 11.8 Å². The Kier molecular flexibility index (Phi) is 4.32. The van der Waals surface area contributed by atoms with Gasteiger partial charge in [0, 0.05) is 18.0 Å². The van der Waals surface area contributed by atoms with Crippen molar-refractivity contribution in [3.63, 3.8) is 0 Å². The first-order valence-electron chi connectivity index (χ1n) is 8.70. The third kappa shape index (κ3) is 3.20. The summed E-state index contributed by atoms with van der Waals surface area (Å²) in [6.45, 7) is 3.95. The fraction of sp³-hybridized carbons (Fsp3) is 0.350. The highest BCUT2D eigenvalue weighted by molar-refractivity contribution is 5.85. The summed E-state index contributed by atoms with van der Waals surface area (Å²) in [5.41, 5.74) is 2.35. The first kappa shape index (κ1) is 16.0. The lowest BCUT2D eigenvalue weighted by Crippen LogP contribution is -2.31. The van der Waals surface area contributed by atoms with Crippen molar-refractivity contribution in [3.05, 3.63) is 63.9 Å². The molecule has 130 valence electrons. The van der Waals surface area contributed by atoms with Gasteiger partial charge in [-0.3, -0.25) is 4.90 Å². The van der Waals surface area contributed by atoms with Crippen LogP contribution in [0.1, 0.15) is 36.7 Å². The lowest BCUT2D eigenvalue weighted by molar-refractivity contribution is 0.0826. The molecule has 0 unspecified atom stereocenters. The molecule has 0 amide bonds. The minimum Gasteiger partial charge on any atom is -0.478 e. The van der Waals surface area contributed by atoms with Gasteiger partial charge in [0.2, 0.25) is 0 Å². The summed E-state index contributed by atoms with van der Waals surface area (Å²) in [6.07, 6.45) is 4.69. The molecule has 4 rings (SSSR count). The Morgan fingerprint density at radius 2 is 2.16 bits per heavy atom. The number of benzene rings is 1. The quantitative estimate of drug-likeness (QED) is 0.656. The molecule has 0 atom stereocenters. The molecule has 0 bridgehead atoms. The van der Waals surface area contributed by atoms with Crippen molar-refractivity contribution < 1.29 is 13.6 Å². The van der Waals surface area contributed by atoms with Crippen LogP contribution < -0.4 is 10.4 Å². The molecule has 5 heteroatoms. The van der Waals surface area contributed by atoms with E-state index in [9.17, 15) is 4.79 Å². The second-order valence-electron chi connectivity index (χ2n) is 6.45. The maximum absolute atomic E-state index is 12.1. The average Bonchev–Trinajstić information content (AvgIpc) is 3.12. The summed E-state index contributed by atoms with van der Waals surface area (Å²) in [7, 11) is 0. The van der Waals surface area contributed by atoms with Crippen LogP contribution in [0.4, 0.5) is 0 Å². The second kappa shape index (κ2) is 6.76. The van der Waals surface area contributed by atoms with Crippen molar-refractivity contribution in [1.82, 2.24) is 4.90 Å². The van der Waals surface area contributed by atoms with Gasteiger partial charge in [-0.05, 0) is 42.7 Å². The van der Waals surface area contributed by atoms with E-state index in [0.29, 0.717) is 25.4 Å². The van der Waals surface area contributed by atoms with Gasteiger partial charge in [0.15, 0.2) is 0 Å². The fourth-order valence-electron chi connectivity index (χ4n) is 3.34. The SMILES string of the molecule is CCCCc1cc(=O)oc2c3c(ccc12)OCN(Cc1ccco1)C3. The highest BCUT2D eigenvalue weighted by Gasteiger charge is 2.23. The zero-order valence-corrected chi connectivity index (χ0v) is 14.3. The molecule has 0 spiro atoms. The van der Waals surface area contributed by atoms with Crippen LogP contribution in [0.2, 0.25) is 0 Å². The number of rotatable bonds is 5. The second-order valence-corrected chi connectivity index (χ2v) is 6.45. The number of fused-ring (bicyclic) bond motifs is 3. The summed E-state index contributed by atoms with van der Waals surface area (Å²) in [6, 6.07) is 9.43. The van der Waals surface area contributed by atoms with Gasteiger partial charge in [-0.1, -0.05) is 13.3 Å². The molecule has 2 aromatic heterocycles. The Balaban J connectivity index is 1.72. The highest BCUT2D eigenvalue weighted by atomic mass is 16.5. The maximum atomic E-state index is 12.1. The van der Waals surface area contributed by atoms with Crippen LogP contribution in [-0.2, 0) is 19.5 Å². The molecule has 0 saturated carbocycles. The number of nitrogens with zero attached hydrogens (tertiary/aromatic N) is 1. The molecule has 5 nitrogen and oxygen atoms in total. The molecule has 1 aromatic carbocycles. The van der Waals surface area contributed by atoms with Crippen molar-refractivity contribution >= 4 is 11.0 Å². The molecule has 0 fully saturated rings. The maximum Gasteiger partial charge on any atom is 0.336 e. The van der Waals surface area contributed by atoms with Crippen molar-refractivity contribution in [3.8, 4) is 5.75 Å². The zero-order valence-electron chi connectivity index (χ0n) is 14.3. The first-order valence-corrected chi connectivity index (χ1v) is 8.70. The largest absolute Gasteiger partial charge is 0.478 e. The van der Waals surface area contributed by atoms with Crippen molar-refractivity contribution in [2.24, 2.45) is 0 Å². The van der Waals surface area contributed by atoms with Gasteiger partial charge in [0.1, 0.15) is 23.8 Å². The molecule has 0 radical (unpaired) electrons. The number of hydrogen-bond donors (Lipinski definition) is 0. The minimum absolute atomic E-state index is 0.296. The van der Waals surface area contributed by atoms with Crippen LogP contribution in [0, 0.1) is 0 Å². The Bertz CT molecular complexity index is 927. The third-order valence-electron chi connectivity index (χ3n) is 4.60. The summed E-state index contributed by atoms with van der Waals surface area (Å²) < 4.78 is 16.9. The number of furan rings is 1. The molecule has 0 saturated heterocycles. The van der Waals surface area contributed by atoms with Crippen LogP contribution in [0.3, 0.4) is 0 Å². The standard InChI is InChI=1S/C20H21NO4/c1-2-3-5-14-10-19(22)25-20-16(14)7-8-18-17(20)12-21(13-24-18)11-15-6-4-9-23-15/h4,6-10H,2-3,5,11-13H2,1H3. The normalized spacial score (nSPS) is 14.4. The van der Waals surface area contributed by atoms with Crippen LogP contribution >= 0.6 is 0 Å². The van der Waals surface area contributed by atoms with Gasteiger partial charge in [-0.2, -0.15) is 0 Å². The average molecular weight is 339 g/mol. The van der Waals surface area contributed by atoms with Crippen LogP contribution in [-0.4, -0.2) is 11.6 Å². The van der Waals surface area contributed by atoms with E-state index >= 15 is 0 Å². The van der Waals surface area contributed by atoms with E-state index in [1.807, 2.05) is 24.3 Å². The molecular weight excluding hydrogens is 318 g/mol. The predicted octanol–water partition coefficient (Wildman–Crippen LogP) is 4.08. The smallest absolute Gasteiger partial charge is 0.336 e. The Labute approximate surface area is 145 Å². The van der Waals surface area contributed by atoms with Crippen molar-refractivity contribution in [2.45, 2.75) is 39.3 Å². The molecule has 1 aliphatic rings. The molecule has 25 heavy (non-hydrogen) atoms. The van der Waals surface area contributed by atoms with Gasteiger partial charge < -0.3 is 13.6 Å². The van der Waals surface area contributed by atoms with Crippen LogP contribution in [0.15, 0.2) is 50.2 Å². The zero-order chi connectivity index (χ0) is 17.2. The number of aryl methyl sites for hydroxylation is 1. The van der Waals surface area contributed by atoms with Crippen LogP contribution in [0.5, 0.6) is 5.75 Å².